The monoisotopic (exact) mass is 842 g/mol. The van der Waals surface area contributed by atoms with E-state index in [1.54, 1.807) is 6.33 Å². The summed E-state index contributed by atoms with van der Waals surface area (Å²) in [5, 5.41) is 0. The molecule has 2 N–H and O–H groups in total. The van der Waals surface area contributed by atoms with Gasteiger partial charge in [-0.2, -0.15) is 0 Å². The average Bonchev–Trinajstić information content (AvgIpc) is 3.64. The van der Waals surface area contributed by atoms with E-state index in [1.165, 1.54) is 103 Å². The predicted molar refractivity (Wildman–Crippen MR) is 249 cm³/mol. The largest absolute Gasteiger partial charge is 0.466 e. The summed E-state index contributed by atoms with van der Waals surface area (Å²) in [5.41, 5.74) is 6.36. The van der Waals surface area contributed by atoms with Crippen LogP contribution in [0.3, 0.4) is 0 Å². The van der Waals surface area contributed by atoms with Gasteiger partial charge in [-0.3, -0.25) is 14.4 Å². The first-order valence-corrected chi connectivity index (χ1v) is 25.4. The summed E-state index contributed by atoms with van der Waals surface area (Å²) in [7, 11) is 0. The molecule has 10 heteroatoms. The number of carbonyl (C=O) groups excluding carboxylic acids is 3. The zero-order valence-electron chi connectivity index (χ0n) is 39.1. The van der Waals surface area contributed by atoms with Gasteiger partial charge in [0.15, 0.2) is 17.3 Å². The van der Waals surface area contributed by atoms with E-state index in [0.29, 0.717) is 36.8 Å². The molecule has 1 aromatic heterocycles. The van der Waals surface area contributed by atoms with Crippen molar-refractivity contribution in [2.75, 3.05) is 26.2 Å². The zero-order valence-corrected chi connectivity index (χ0v) is 39.1. The molecule has 0 aromatic carbocycles. The van der Waals surface area contributed by atoms with Crippen molar-refractivity contribution in [3.05, 3.63) is 12.0 Å². The third-order valence-electron chi connectivity index (χ3n) is 12.1. The number of aliphatic imine (C=N–C) groups is 1. The minimum absolute atomic E-state index is 0.00322. The van der Waals surface area contributed by atoms with E-state index in [0.717, 1.165) is 122 Å². The van der Waals surface area contributed by atoms with Gasteiger partial charge in [0.2, 0.25) is 0 Å². The lowest BCUT2D eigenvalue weighted by Crippen LogP contribution is -2.28. The van der Waals surface area contributed by atoms with Gasteiger partial charge in [-0.15, -0.1) is 0 Å². The molecule has 1 aromatic rings. The molecule has 346 valence electrons. The summed E-state index contributed by atoms with van der Waals surface area (Å²) in [6, 6.07) is 0. The number of Topliss-reactive ketones (excluding diaryl/α,β-unsaturated/α-hetero) is 1. The molecule has 0 fully saturated rings. The highest BCUT2D eigenvalue weighted by molar-refractivity contribution is 6.13. The van der Waals surface area contributed by atoms with Crippen LogP contribution in [0.2, 0.25) is 0 Å². The molecule has 60 heavy (non-hydrogen) atoms. The molecule has 2 heterocycles. The Balaban J connectivity index is 1.70. The molecule has 1 aliphatic heterocycles. The van der Waals surface area contributed by atoms with Crippen molar-refractivity contribution in [3.8, 4) is 0 Å². The van der Waals surface area contributed by atoms with Gasteiger partial charge in [-0.25, -0.2) is 9.98 Å². The maximum Gasteiger partial charge on any atom is 0.306 e. The zero-order chi connectivity index (χ0) is 43.3. The molecule has 0 amide bonds. The van der Waals surface area contributed by atoms with E-state index in [2.05, 4.69) is 35.6 Å². The normalized spacial score (nSPS) is 12.7. The highest BCUT2D eigenvalue weighted by Gasteiger charge is 2.23. The van der Waals surface area contributed by atoms with E-state index < -0.39 is 0 Å². The predicted octanol–water partition coefficient (Wildman–Crippen LogP) is 13.1. The molecule has 1 aliphatic rings. The Bertz CT molecular complexity index is 1250. The van der Waals surface area contributed by atoms with Crippen LogP contribution in [0.5, 0.6) is 0 Å². The van der Waals surface area contributed by atoms with Crippen molar-refractivity contribution in [3.63, 3.8) is 0 Å². The second kappa shape index (κ2) is 36.9. The Morgan fingerprint density at radius 1 is 0.633 bits per heavy atom. The third-order valence-corrected chi connectivity index (χ3v) is 12.1. The van der Waals surface area contributed by atoms with E-state index in [9.17, 15) is 14.4 Å². The maximum atomic E-state index is 12.9. The van der Waals surface area contributed by atoms with E-state index in [1.807, 2.05) is 4.57 Å². The van der Waals surface area contributed by atoms with E-state index in [4.69, 9.17) is 15.2 Å². The topological polar surface area (TPSA) is 129 Å². The summed E-state index contributed by atoms with van der Waals surface area (Å²) in [6.45, 7) is 11.1. The van der Waals surface area contributed by atoms with Gasteiger partial charge in [-0.05, 0) is 83.8 Å². The smallest absolute Gasteiger partial charge is 0.306 e. The van der Waals surface area contributed by atoms with Gasteiger partial charge in [0.25, 0.3) is 0 Å². The number of amidine groups is 1. The summed E-state index contributed by atoms with van der Waals surface area (Å²) < 4.78 is 13.5. The van der Waals surface area contributed by atoms with Crippen LogP contribution in [0.4, 0.5) is 5.82 Å². The quantitative estimate of drug-likeness (QED) is 0.0509. The van der Waals surface area contributed by atoms with Crippen LogP contribution in [0, 0.1) is 0 Å². The van der Waals surface area contributed by atoms with Gasteiger partial charge >= 0.3 is 11.9 Å². The van der Waals surface area contributed by atoms with Crippen LogP contribution >= 0.6 is 0 Å². The number of aryl methyl sites for hydroxylation is 1. The fourth-order valence-electron chi connectivity index (χ4n) is 8.30. The van der Waals surface area contributed by atoms with Crippen LogP contribution in [-0.2, 0) is 25.6 Å². The molecule has 0 atom stereocenters. The standard InChI is InChI=1S/C50H91N5O5/c1-4-7-10-13-18-25-33-44(34-26-19-14-11-8-5-2)60-48(58)36-28-21-17-23-30-38-54(39-32-40-55-43-52-49-45(56)42-46(51)53-50(49)55)37-29-22-16-20-27-35-47(57)59-41-31-24-15-12-9-6-3/h43-44H,4-42H2,1-3H3,(H2,51,53). The summed E-state index contributed by atoms with van der Waals surface area (Å²) >= 11 is 0. The minimum atomic E-state index is -0.0592. The number of imidazole rings is 1. The van der Waals surface area contributed by atoms with Crippen molar-refractivity contribution in [2.45, 2.75) is 252 Å². The lowest BCUT2D eigenvalue weighted by Gasteiger charge is -2.23. The second-order valence-corrected chi connectivity index (χ2v) is 17.8. The Hall–Kier alpha value is -2.75. The third kappa shape index (κ3) is 27.2. The molecule has 0 saturated heterocycles. The van der Waals surface area contributed by atoms with Gasteiger partial charge < -0.3 is 24.7 Å². The Kier molecular flexibility index (Phi) is 32.8. The van der Waals surface area contributed by atoms with Crippen molar-refractivity contribution in [1.82, 2.24) is 14.5 Å². The lowest BCUT2D eigenvalue weighted by atomic mass is 10.0. The molecular weight excluding hydrogens is 751 g/mol. The first-order valence-electron chi connectivity index (χ1n) is 25.4. The van der Waals surface area contributed by atoms with Gasteiger partial charge in [-0.1, -0.05) is 156 Å². The number of hydrogen-bond acceptors (Lipinski definition) is 9. The van der Waals surface area contributed by atoms with Crippen LogP contribution in [0.25, 0.3) is 0 Å². The Morgan fingerprint density at radius 2 is 1.10 bits per heavy atom. The highest BCUT2D eigenvalue weighted by Crippen LogP contribution is 2.25. The molecule has 0 bridgehead atoms. The van der Waals surface area contributed by atoms with Gasteiger partial charge in [0.1, 0.15) is 11.9 Å². The van der Waals surface area contributed by atoms with Crippen LogP contribution in [-0.4, -0.2) is 70.4 Å². The maximum absolute atomic E-state index is 12.9. The van der Waals surface area contributed by atoms with Crippen molar-refractivity contribution in [2.24, 2.45) is 10.7 Å². The number of nitrogens with zero attached hydrogens (tertiary/aromatic N) is 4. The van der Waals surface area contributed by atoms with E-state index in [-0.39, 0.29) is 30.2 Å². The lowest BCUT2D eigenvalue weighted by molar-refractivity contribution is -0.150. The number of esters is 2. The second-order valence-electron chi connectivity index (χ2n) is 17.8. The first-order chi connectivity index (χ1) is 29.4. The van der Waals surface area contributed by atoms with Gasteiger partial charge in [0.05, 0.1) is 19.4 Å². The number of carbonyl (C=O) groups is 3. The fraction of sp³-hybridized carbons (Fsp3) is 0.860. The molecular formula is C50H91N5O5. The SMILES string of the molecule is CCCCCCCCOC(=O)CCCCCCCN(CCCCCCCC(=O)OC(CCCCCCCC)CCCCCCCC)CCCn1cnc2c1N=C(N)CC2=O. The van der Waals surface area contributed by atoms with Crippen LogP contribution in [0.1, 0.15) is 250 Å². The van der Waals surface area contributed by atoms with Crippen LogP contribution in [0.15, 0.2) is 11.3 Å². The Labute approximate surface area is 367 Å². The molecule has 10 nitrogen and oxygen atoms in total. The number of unbranched alkanes of at least 4 members (excludes halogenated alkanes) is 23. The number of nitrogens with two attached hydrogens (primary N) is 1. The molecule has 0 unspecified atom stereocenters. The Morgan fingerprint density at radius 3 is 1.67 bits per heavy atom. The fourth-order valence-corrected chi connectivity index (χ4v) is 8.30. The number of rotatable bonds is 42. The van der Waals surface area contributed by atoms with Crippen LogP contribution < -0.4 is 5.73 Å². The molecule has 0 saturated carbocycles. The number of ketones is 1. The van der Waals surface area contributed by atoms with Crippen molar-refractivity contribution >= 4 is 29.4 Å². The number of aromatic nitrogens is 2. The highest BCUT2D eigenvalue weighted by atomic mass is 16.5. The summed E-state index contributed by atoms with van der Waals surface area (Å²) in [4.78, 5) is 48.7. The molecule has 0 radical (unpaired) electrons. The average molecular weight is 842 g/mol. The number of hydrogen-bond donors (Lipinski definition) is 1. The first kappa shape index (κ1) is 53.4. The molecule has 0 spiro atoms. The summed E-state index contributed by atoms with van der Waals surface area (Å²) in [5.74, 6) is 0.850. The molecule has 2 rings (SSSR count). The number of ether oxygens (including phenoxy) is 2. The van der Waals surface area contributed by atoms with Gasteiger partial charge in [0, 0.05) is 19.4 Å². The van der Waals surface area contributed by atoms with Crippen molar-refractivity contribution in [1.29, 1.82) is 0 Å². The van der Waals surface area contributed by atoms with Crippen molar-refractivity contribution < 1.29 is 23.9 Å². The molecule has 0 aliphatic carbocycles. The minimum Gasteiger partial charge on any atom is -0.466 e. The number of fused-ring (bicyclic) bond motifs is 1. The van der Waals surface area contributed by atoms with E-state index >= 15 is 0 Å². The summed E-state index contributed by atoms with van der Waals surface area (Å²) in [6.07, 6.45) is 39.3.